The molecule has 1 aliphatic heterocycles. The lowest BCUT2D eigenvalue weighted by Gasteiger charge is -2.24. The van der Waals surface area contributed by atoms with Gasteiger partial charge in [-0.15, -0.1) is 0 Å². The fourth-order valence-corrected chi connectivity index (χ4v) is 3.62. The van der Waals surface area contributed by atoms with Crippen molar-refractivity contribution in [3.63, 3.8) is 0 Å². The maximum atomic E-state index is 13.0. The van der Waals surface area contributed by atoms with Crippen LogP contribution < -0.4 is 10.2 Å². The molecule has 1 fully saturated rings. The minimum atomic E-state index is -0.955. The van der Waals surface area contributed by atoms with E-state index in [4.69, 9.17) is 4.42 Å². The lowest BCUT2D eigenvalue weighted by Crippen LogP contribution is -2.29. The monoisotopic (exact) mass is 416 g/mol. The first-order valence-corrected chi connectivity index (χ1v) is 9.66. The number of carbonyl (C=O) groups excluding carboxylic acids is 3. The summed E-state index contributed by atoms with van der Waals surface area (Å²) in [5, 5.41) is 13.7. The van der Waals surface area contributed by atoms with Gasteiger partial charge in [-0.25, -0.2) is 0 Å². The molecule has 2 aromatic carbocycles. The molecule has 2 N–H and O–H groups in total. The predicted molar refractivity (Wildman–Crippen MR) is 115 cm³/mol. The van der Waals surface area contributed by atoms with Gasteiger partial charge in [0.2, 0.25) is 5.91 Å². The molecule has 1 atom stereocenters. The average Bonchev–Trinajstić information content (AvgIpc) is 3.35. The molecule has 2 amide bonds. The summed E-state index contributed by atoms with van der Waals surface area (Å²) in [6, 6.07) is 15.9. The first kappa shape index (κ1) is 20.2. The number of carbonyl (C=O) groups is 3. The number of furan rings is 1. The number of hydrogen-bond donors (Lipinski definition) is 2. The molecule has 1 aromatic heterocycles. The first-order valence-electron chi connectivity index (χ1n) is 9.66. The van der Waals surface area contributed by atoms with Crippen molar-refractivity contribution in [3.8, 4) is 0 Å². The van der Waals surface area contributed by atoms with Crippen LogP contribution in [0, 0.1) is 6.92 Å². The Morgan fingerprint density at radius 3 is 2.45 bits per heavy atom. The fourth-order valence-electron chi connectivity index (χ4n) is 3.62. The van der Waals surface area contributed by atoms with Gasteiger partial charge in [-0.2, -0.15) is 0 Å². The van der Waals surface area contributed by atoms with Crippen molar-refractivity contribution in [1.29, 1.82) is 0 Å². The SMILES string of the molecule is CC(=O)Nc1cccc(N2C(=O)C(=O)/C(=C(\O)c3ccc(C)cc3)C2c2ccco2)c1. The van der Waals surface area contributed by atoms with Crippen LogP contribution in [0.2, 0.25) is 0 Å². The van der Waals surface area contributed by atoms with Crippen LogP contribution in [-0.2, 0) is 14.4 Å². The highest BCUT2D eigenvalue weighted by Gasteiger charge is 2.48. The molecule has 0 radical (unpaired) electrons. The van der Waals surface area contributed by atoms with Gasteiger partial charge >= 0.3 is 0 Å². The van der Waals surface area contributed by atoms with Crippen molar-refractivity contribution >= 4 is 34.7 Å². The van der Waals surface area contributed by atoms with E-state index in [9.17, 15) is 19.5 Å². The van der Waals surface area contributed by atoms with Gasteiger partial charge in [-0.05, 0) is 37.3 Å². The summed E-state index contributed by atoms with van der Waals surface area (Å²) in [7, 11) is 0. The standard InChI is InChI=1S/C24H20N2O5/c1-14-8-10-16(11-9-14)22(28)20-21(19-7-4-12-31-19)26(24(30)23(20)29)18-6-3-5-17(13-18)25-15(2)27/h3-13,21,28H,1-2H3,(H,25,27)/b22-20-. The average molecular weight is 416 g/mol. The summed E-state index contributed by atoms with van der Waals surface area (Å²) in [5.41, 5.74) is 2.22. The van der Waals surface area contributed by atoms with Gasteiger partial charge in [0.25, 0.3) is 11.7 Å². The number of amides is 2. The summed E-state index contributed by atoms with van der Waals surface area (Å²) < 4.78 is 5.53. The van der Waals surface area contributed by atoms with E-state index in [1.807, 2.05) is 19.1 Å². The quantitative estimate of drug-likeness (QED) is 0.378. The Labute approximate surface area is 178 Å². The molecule has 0 spiro atoms. The molecule has 3 aromatic rings. The number of aliphatic hydroxyl groups excluding tert-OH is 1. The van der Waals surface area contributed by atoms with E-state index in [2.05, 4.69) is 5.32 Å². The topological polar surface area (TPSA) is 99.9 Å². The van der Waals surface area contributed by atoms with E-state index in [1.165, 1.54) is 18.1 Å². The molecule has 1 unspecified atom stereocenters. The Morgan fingerprint density at radius 1 is 1.06 bits per heavy atom. The Balaban J connectivity index is 1.88. The second kappa shape index (κ2) is 7.95. The smallest absolute Gasteiger partial charge is 0.300 e. The number of hydrogen-bond acceptors (Lipinski definition) is 5. The zero-order valence-electron chi connectivity index (χ0n) is 17.0. The molecule has 31 heavy (non-hydrogen) atoms. The third-order valence-corrected chi connectivity index (χ3v) is 5.03. The third kappa shape index (κ3) is 3.73. The summed E-state index contributed by atoms with van der Waals surface area (Å²) in [4.78, 5) is 38.8. The summed E-state index contributed by atoms with van der Waals surface area (Å²) in [6.07, 6.45) is 1.44. The molecule has 0 saturated carbocycles. The van der Waals surface area contributed by atoms with E-state index in [-0.39, 0.29) is 17.2 Å². The van der Waals surface area contributed by atoms with E-state index < -0.39 is 17.7 Å². The van der Waals surface area contributed by atoms with Crippen molar-refractivity contribution in [1.82, 2.24) is 0 Å². The molecule has 0 bridgehead atoms. The van der Waals surface area contributed by atoms with E-state index in [0.29, 0.717) is 22.7 Å². The number of aryl methyl sites for hydroxylation is 1. The van der Waals surface area contributed by atoms with Crippen molar-refractivity contribution in [2.24, 2.45) is 0 Å². The zero-order chi connectivity index (χ0) is 22.1. The van der Waals surface area contributed by atoms with Crippen molar-refractivity contribution < 1.29 is 23.9 Å². The fraction of sp³-hybridized carbons (Fsp3) is 0.125. The molecule has 2 heterocycles. The lowest BCUT2D eigenvalue weighted by molar-refractivity contribution is -0.132. The Morgan fingerprint density at radius 2 is 1.81 bits per heavy atom. The minimum absolute atomic E-state index is 0.0614. The van der Waals surface area contributed by atoms with Crippen LogP contribution in [0.1, 0.15) is 29.9 Å². The van der Waals surface area contributed by atoms with Crippen LogP contribution in [0.4, 0.5) is 11.4 Å². The number of nitrogens with zero attached hydrogens (tertiary/aromatic N) is 1. The highest BCUT2D eigenvalue weighted by Crippen LogP contribution is 2.42. The Hall–Kier alpha value is -4.13. The minimum Gasteiger partial charge on any atom is -0.507 e. The number of anilines is 2. The summed E-state index contributed by atoms with van der Waals surface area (Å²) in [6.45, 7) is 3.29. The van der Waals surface area contributed by atoms with E-state index in [1.54, 1.807) is 48.5 Å². The van der Waals surface area contributed by atoms with Crippen LogP contribution in [0.25, 0.3) is 5.76 Å². The van der Waals surface area contributed by atoms with Gasteiger partial charge in [-0.1, -0.05) is 35.9 Å². The number of nitrogens with one attached hydrogen (secondary N) is 1. The molecule has 156 valence electrons. The highest BCUT2D eigenvalue weighted by atomic mass is 16.3. The molecular formula is C24H20N2O5. The Kier molecular flexibility index (Phi) is 5.17. The molecule has 7 heteroatoms. The zero-order valence-corrected chi connectivity index (χ0v) is 17.0. The maximum Gasteiger partial charge on any atom is 0.300 e. The van der Waals surface area contributed by atoms with E-state index in [0.717, 1.165) is 5.56 Å². The molecule has 4 rings (SSSR count). The Bertz CT molecular complexity index is 1190. The molecule has 7 nitrogen and oxygen atoms in total. The molecular weight excluding hydrogens is 396 g/mol. The molecule has 1 aliphatic rings. The third-order valence-electron chi connectivity index (χ3n) is 5.03. The van der Waals surface area contributed by atoms with Gasteiger partial charge in [0.05, 0.1) is 11.8 Å². The second-order valence-electron chi connectivity index (χ2n) is 7.28. The molecule has 0 aliphatic carbocycles. The van der Waals surface area contributed by atoms with Gasteiger partial charge in [0.1, 0.15) is 17.6 Å². The van der Waals surface area contributed by atoms with Crippen LogP contribution >= 0.6 is 0 Å². The molecule has 1 saturated heterocycles. The summed E-state index contributed by atoms with van der Waals surface area (Å²) in [5.74, 6) is -1.82. The number of ketones is 1. The van der Waals surface area contributed by atoms with Crippen LogP contribution in [0.15, 0.2) is 76.9 Å². The van der Waals surface area contributed by atoms with Gasteiger partial charge < -0.3 is 14.8 Å². The van der Waals surface area contributed by atoms with Crippen molar-refractivity contribution in [2.75, 3.05) is 10.2 Å². The maximum absolute atomic E-state index is 13.0. The van der Waals surface area contributed by atoms with Crippen LogP contribution in [0.3, 0.4) is 0 Å². The second-order valence-corrected chi connectivity index (χ2v) is 7.28. The van der Waals surface area contributed by atoms with Crippen molar-refractivity contribution in [2.45, 2.75) is 19.9 Å². The predicted octanol–water partition coefficient (Wildman–Crippen LogP) is 4.17. The summed E-state index contributed by atoms with van der Waals surface area (Å²) >= 11 is 0. The number of aliphatic hydroxyl groups is 1. The number of benzene rings is 2. The van der Waals surface area contributed by atoms with Crippen molar-refractivity contribution in [3.05, 3.63) is 89.4 Å². The normalized spacial score (nSPS) is 17.7. The van der Waals surface area contributed by atoms with Gasteiger partial charge in [-0.3, -0.25) is 19.3 Å². The highest BCUT2D eigenvalue weighted by molar-refractivity contribution is 6.51. The van der Waals surface area contributed by atoms with Gasteiger partial charge in [0.15, 0.2) is 0 Å². The number of rotatable bonds is 4. The number of Topliss-reactive ketones (excluding diaryl/α,β-unsaturated/α-hetero) is 1. The van der Waals surface area contributed by atoms with Crippen LogP contribution in [0.5, 0.6) is 0 Å². The van der Waals surface area contributed by atoms with Gasteiger partial charge in [0, 0.05) is 23.9 Å². The lowest BCUT2D eigenvalue weighted by atomic mass is 9.98. The first-order chi connectivity index (χ1) is 14.9. The van der Waals surface area contributed by atoms with E-state index >= 15 is 0 Å². The largest absolute Gasteiger partial charge is 0.507 e. The van der Waals surface area contributed by atoms with Crippen LogP contribution in [-0.4, -0.2) is 22.7 Å².